The van der Waals surface area contributed by atoms with Crippen LogP contribution >= 0.6 is 0 Å². The molecule has 5 N–H and O–H groups in total. The van der Waals surface area contributed by atoms with Gasteiger partial charge in [0.1, 0.15) is 18.4 Å². The van der Waals surface area contributed by atoms with Crippen molar-refractivity contribution >= 4 is 23.7 Å². The molecule has 0 unspecified atom stereocenters. The topological polar surface area (TPSA) is 148 Å². The SMILES string of the molecule is CC(=O)CC[C@@H](NC(=O)C[C@@H](O)CNC(=O)OCc1ccccc1)C(N)=O. The fourth-order valence-electron chi connectivity index (χ4n) is 2.15. The van der Waals surface area contributed by atoms with Crippen LogP contribution in [0.15, 0.2) is 30.3 Å². The molecular weight excluding hydrogens is 354 g/mol. The Labute approximate surface area is 157 Å². The Bertz CT molecular complexity index is 650. The molecule has 0 radical (unpaired) electrons. The van der Waals surface area contributed by atoms with Crippen LogP contribution in [0.5, 0.6) is 0 Å². The van der Waals surface area contributed by atoms with Gasteiger partial charge in [0.05, 0.1) is 12.5 Å². The molecule has 3 amide bonds. The van der Waals surface area contributed by atoms with E-state index in [0.717, 1.165) is 5.56 Å². The van der Waals surface area contributed by atoms with Gasteiger partial charge in [0.15, 0.2) is 0 Å². The zero-order chi connectivity index (χ0) is 20.2. The van der Waals surface area contributed by atoms with Gasteiger partial charge in [0.2, 0.25) is 11.8 Å². The van der Waals surface area contributed by atoms with Crippen LogP contribution in [0, 0.1) is 0 Å². The van der Waals surface area contributed by atoms with Crippen molar-refractivity contribution < 1.29 is 29.0 Å². The van der Waals surface area contributed by atoms with Crippen molar-refractivity contribution in [2.24, 2.45) is 5.73 Å². The number of aliphatic hydroxyl groups is 1. The van der Waals surface area contributed by atoms with Crippen LogP contribution in [-0.2, 0) is 25.7 Å². The summed E-state index contributed by atoms with van der Waals surface area (Å²) in [6, 6.07) is 8.08. The minimum Gasteiger partial charge on any atom is -0.445 e. The number of ketones is 1. The second-order valence-electron chi connectivity index (χ2n) is 6.06. The normalized spacial score (nSPS) is 12.5. The Balaban J connectivity index is 2.30. The molecule has 0 fully saturated rings. The van der Waals surface area contributed by atoms with Gasteiger partial charge in [-0.3, -0.25) is 9.59 Å². The van der Waals surface area contributed by atoms with Crippen molar-refractivity contribution in [3.8, 4) is 0 Å². The maximum absolute atomic E-state index is 11.9. The lowest BCUT2D eigenvalue weighted by Gasteiger charge is -2.17. The molecule has 148 valence electrons. The maximum Gasteiger partial charge on any atom is 0.407 e. The number of aliphatic hydroxyl groups excluding tert-OH is 1. The van der Waals surface area contributed by atoms with Gasteiger partial charge >= 0.3 is 6.09 Å². The summed E-state index contributed by atoms with van der Waals surface area (Å²) in [5.41, 5.74) is 6.00. The van der Waals surface area contributed by atoms with Crippen molar-refractivity contribution in [2.75, 3.05) is 6.54 Å². The molecule has 0 saturated carbocycles. The molecule has 27 heavy (non-hydrogen) atoms. The summed E-state index contributed by atoms with van der Waals surface area (Å²) in [6.07, 6.45) is -2.05. The molecule has 0 spiro atoms. The summed E-state index contributed by atoms with van der Waals surface area (Å²) in [4.78, 5) is 45.7. The molecule has 0 heterocycles. The third-order valence-corrected chi connectivity index (χ3v) is 3.58. The van der Waals surface area contributed by atoms with Crippen LogP contribution in [0.2, 0.25) is 0 Å². The maximum atomic E-state index is 11.9. The molecule has 0 saturated heterocycles. The molecule has 0 bridgehead atoms. The molecule has 1 rings (SSSR count). The molecule has 2 atom stereocenters. The van der Waals surface area contributed by atoms with Crippen LogP contribution < -0.4 is 16.4 Å². The number of nitrogens with two attached hydrogens (primary N) is 1. The van der Waals surface area contributed by atoms with Crippen LogP contribution in [0.1, 0.15) is 31.7 Å². The third-order valence-electron chi connectivity index (χ3n) is 3.58. The van der Waals surface area contributed by atoms with Crippen LogP contribution in [0.3, 0.4) is 0 Å². The van der Waals surface area contributed by atoms with Gasteiger partial charge in [-0.25, -0.2) is 4.79 Å². The summed E-state index contributed by atoms with van der Waals surface area (Å²) >= 11 is 0. The van der Waals surface area contributed by atoms with E-state index in [1.807, 2.05) is 18.2 Å². The Kier molecular flexibility index (Phi) is 9.52. The third kappa shape index (κ3) is 9.95. The standard InChI is InChI=1S/C18H25N3O6/c1-12(22)7-8-15(17(19)25)21-16(24)9-14(23)10-20-18(26)27-11-13-5-3-2-4-6-13/h2-6,14-15,23H,7-11H2,1H3,(H2,19,25)(H,20,26)(H,21,24)/t14-,15-/m1/s1. The van der Waals surface area contributed by atoms with Crippen molar-refractivity contribution in [2.45, 2.75) is 44.9 Å². The monoisotopic (exact) mass is 379 g/mol. The Hall–Kier alpha value is -2.94. The average Bonchev–Trinajstić information content (AvgIpc) is 2.62. The fraction of sp³-hybridized carbons (Fsp3) is 0.444. The van der Waals surface area contributed by atoms with Gasteiger partial charge in [-0.05, 0) is 18.9 Å². The first-order valence-corrected chi connectivity index (χ1v) is 8.48. The lowest BCUT2D eigenvalue weighted by molar-refractivity contribution is -0.129. The molecule has 0 aliphatic heterocycles. The number of hydrogen-bond donors (Lipinski definition) is 4. The highest BCUT2D eigenvalue weighted by Gasteiger charge is 2.20. The van der Waals surface area contributed by atoms with Gasteiger partial charge in [-0.2, -0.15) is 0 Å². The van der Waals surface area contributed by atoms with Gasteiger partial charge in [0.25, 0.3) is 0 Å². The number of Topliss-reactive ketones (excluding diaryl/α,β-unsaturated/α-hetero) is 1. The number of nitrogens with one attached hydrogen (secondary N) is 2. The number of primary amides is 1. The molecule has 0 aromatic heterocycles. The summed E-state index contributed by atoms with van der Waals surface area (Å²) < 4.78 is 4.98. The number of carbonyl (C=O) groups excluding carboxylic acids is 4. The van der Waals surface area contributed by atoms with E-state index >= 15 is 0 Å². The predicted molar refractivity (Wildman–Crippen MR) is 96.3 cm³/mol. The largest absolute Gasteiger partial charge is 0.445 e. The van der Waals surface area contributed by atoms with Gasteiger partial charge in [-0.1, -0.05) is 30.3 Å². The van der Waals surface area contributed by atoms with E-state index in [1.165, 1.54) is 6.92 Å². The second-order valence-corrected chi connectivity index (χ2v) is 6.06. The minimum absolute atomic E-state index is 0.0830. The highest BCUT2D eigenvalue weighted by Crippen LogP contribution is 2.02. The minimum atomic E-state index is -1.17. The van der Waals surface area contributed by atoms with E-state index in [4.69, 9.17) is 10.5 Å². The van der Waals surface area contributed by atoms with Gasteiger partial charge in [0, 0.05) is 13.0 Å². The van der Waals surface area contributed by atoms with Crippen LogP contribution in [0.25, 0.3) is 0 Å². The first-order chi connectivity index (χ1) is 12.8. The fourth-order valence-corrected chi connectivity index (χ4v) is 2.15. The summed E-state index contributed by atoms with van der Waals surface area (Å²) in [7, 11) is 0. The zero-order valence-electron chi connectivity index (χ0n) is 15.1. The van der Waals surface area contributed by atoms with Crippen molar-refractivity contribution in [3.63, 3.8) is 0 Å². The average molecular weight is 379 g/mol. The van der Waals surface area contributed by atoms with Gasteiger partial charge < -0.3 is 31.0 Å². The van der Waals surface area contributed by atoms with E-state index in [-0.39, 0.29) is 38.2 Å². The van der Waals surface area contributed by atoms with Crippen LogP contribution in [0.4, 0.5) is 4.79 Å². The Morgan fingerprint density at radius 1 is 1.19 bits per heavy atom. The van der Waals surface area contributed by atoms with E-state index in [2.05, 4.69) is 10.6 Å². The van der Waals surface area contributed by atoms with E-state index in [9.17, 15) is 24.3 Å². The molecule has 9 nitrogen and oxygen atoms in total. The molecule has 1 aromatic carbocycles. The molecule has 9 heteroatoms. The molecule has 0 aliphatic rings. The smallest absolute Gasteiger partial charge is 0.407 e. The second kappa shape index (κ2) is 11.6. The quantitative estimate of drug-likeness (QED) is 0.425. The van der Waals surface area contributed by atoms with Crippen molar-refractivity contribution in [1.29, 1.82) is 0 Å². The highest BCUT2D eigenvalue weighted by molar-refractivity contribution is 5.87. The number of rotatable bonds is 11. The molecule has 0 aliphatic carbocycles. The van der Waals surface area contributed by atoms with Crippen LogP contribution in [-0.4, -0.2) is 47.5 Å². The summed E-state index contributed by atoms with van der Waals surface area (Å²) in [5, 5.41) is 14.5. The van der Waals surface area contributed by atoms with Crippen molar-refractivity contribution in [3.05, 3.63) is 35.9 Å². The Morgan fingerprint density at radius 2 is 1.85 bits per heavy atom. The lowest BCUT2D eigenvalue weighted by Crippen LogP contribution is -2.46. The van der Waals surface area contributed by atoms with E-state index < -0.39 is 30.1 Å². The number of benzene rings is 1. The van der Waals surface area contributed by atoms with Gasteiger partial charge in [-0.15, -0.1) is 0 Å². The molecule has 1 aromatic rings. The number of hydrogen-bond acceptors (Lipinski definition) is 6. The number of amides is 3. The Morgan fingerprint density at radius 3 is 2.44 bits per heavy atom. The first-order valence-electron chi connectivity index (χ1n) is 8.48. The summed E-state index contributed by atoms with van der Waals surface area (Å²) in [6.45, 7) is 1.25. The first kappa shape index (κ1) is 22.1. The molecular formula is C18H25N3O6. The highest BCUT2D eigenvalue weighted by atomic mass is 16.5. The lowest BCUT2D eigenvalue weighted by atomic mass is 10.1. The number of alkyl carbamates (subject to hydrolysis) is 1. The van der Waals surface area contributed by atoms with Crippen molar-refractivity contribution in [1.82, 2.24) is 10.6 Å². The number of ether oxygens (including phenoxy) is 1. The predicted octanol–water partition coefficient (Wildman–Crippen LogP) is 0.00310. The zero-order valence-corrected chi connectivity index (χ0v) is 15.1. The van der Waals surface area contributed by atoms with E-state index in [0.29, 0.717) is 0 Å². The summed E-state index contributed by atoms with van der Waals surface area (Å²) in [5.74, 6) is -1.51. The van der Waals surface area contributed by atoms with E-state index in [1.54, 1.807) is 12.1 Å². The number of carbonyl (C=O) groups is 4.